The fourth-order valence-electron chi connectivity index (χ4n) is 2.25. The van der Waals surface area contributed by atoms with Crippen molar-refractivity contribution in [2.45, 2.75) is 32.1 Å². The van der Waals surface area contributed by atoms with Crippen LogP contribution >= 0.6 is 11.6 Å². The van der Waals surface area contributed by atoms with Gasteiger partial charge in [0.2, 0.25) is 0 Å². The molecule has 2 aromatic rings. The minimum atomic E-state index is -0.919. The van der Waals surface area contributed by atoms with Crippen LogP contribution in [0.15, 0.2) is 48.5 Å². The highest BCUT2D eigenvalue weighted by molar-refractivity contribution is 6.30. The fourth-order valence-corrected chi connectivity index (χ4v) is 2.38. The molecule has 4 heteroatoms. The Bertz CT molecular complexity index is 700. The molecule has 3 nitrogen and oxygen atoms in total. The van der Waals surface area contributed by atoms with Gasteiger partial charge in [-0.25, -0.2) is 0 Å². The summed E-state index contributed by atoms with van der Waals surface area (Å²) in [4.78, 5) is 23.4. The van der Waals surface area contributed by atoms with E-state index in [0.717, 1.165) is 11.1 Å². The number of carboxylic acid groups (broad SMARTS) is 1. The molecule has 0 radical (unpaired) electrons. The lowest BCUT2D eigenvalue weighted by Crippen LogP contribution is -2.28. The van der Waals surface area contributed by atoms with Gasteiger partial charge in [0.15, 0.2) is 5.78 Å². The number of aryl methyl sites for hydroxylation is 1. The van der Waals surface area contributed by atoms with E-state index in [-0.39, 0.29) is 5.78 Å². The van der Waals surface area contributed by atoms with E-state index in [1.807, 2.05) is 24.3 Å². The molecule has 0 saturated carbocycles. The molecular formula is C19H19ClO3. The largest absolute Gasteiger partial charge is 0.481 e. The van der Waals surface area contributed by atoms with Crippen LogP contribution in [0.4, 0.5) is 0 Å². The Hall–Kier alpha value is -2.13. The highest BCUT2D eigenvalue weighted by atomic mass is 35.5. The predicted molar refractivity (Wildman–Crippen MR) is 91.2 cm³/mol. The summed E-state index contributed by atoms with van der Waals surface area (Å²) in [7, 11) is 0. The van der Waals surface area contributed by atoms with E-state index < -0.39 is 11.4 Å². The number of carbonyl (C=O) groups is 2. The molecule has 0 aliphatic heterocycles. The van der Waals surface area contributed by atoms with Crippen LogP contribution < -0.4 is 0 Å². The van der Waals surface area contributed by atoms with Crippen molar-refractivity contribution in [2.24, 2.45) is 0 Å². The molecule has 2 aromatic carbocycles. The van der Waals surface area contributed by atoms with Gasteiger partial charge < -0.3 is 5.11 Å². The normalized spacial score (nSPS) is 11.3. The Kier molecular flexibility index (Phi) is 5.22. The smallest absolute Gasteiger partial charge is 0.313 e. The Balaban J connectivity index is 2.00. The van der Waals surface area contributed by atoms with Crippen molar-refractivity contribution in [1.29, 1.82) is 0 Å². The van der Waals surface area contributed by atoms with E-state index in [0.29, 0.717) is 23.4 Å². The second-order valence-corrected chi connectivity index (χ2v) is 6.49. The standard InChI is InChI=1S/C19H19ClO3/c1-19(2,18(22)23)15-8-3-13(4-9-15)5-12-17(21)14-6-10-16(20)11-7-14/h3-4,6-11H,5,12H2,1-2H3,(H,22,23). The molecule has 0 aromatic heterocycles. The van der Waals surface area contributed by atoms with Crippen LogP contribution in [0.3, 0.4) is 0 Å². The van der Waals surface area contributed by atoms with Gasteiger partial charge in [-0.3, -0.25) is 9.59 Å². The molecular weight excluding hydrogens is 312 g/mol. The first-order valence-corrected chi connectivity index (χ1v) is 7.80. The van der Waals surface area contributed by atoms with Crippen molar-refractivity contribution >= 4 is 23.4 Å². The highest BCUT2D eigenvalue weighted by Gasteiger charge is 2.29. The lowest BCUT2D eigenvalue weighted by atomic mass is 9.84. The number of Topliss-reactive ketones (excluding diaryl/α,β-unsaturated/α-hetero) is 1. The van der Waals surface area contributed by atoms with Crippen LogP contribution in [0, 0.1) is 0 Å². The van der Waals surface area contributed by atoms with Gasteiger partial charge >= 0.3 is 5.97 Å². The number of hydrogen-bond acceptors (Lipinski definition) is 2. The zero-order chi connectivity index (χ0) is 17.0. The van der Waals surface area contributed by atoms with Gasteiger partial charge in [0.25, 0.3) is 0 Å². The van der Waals surface area contributed by atoms with Crippen LogP contribution in [0.25, 0.3) is 0 Å². The quantitative estimate of drug-likeness (QED) is 0.792. The Morgan fingerprint density at radius 1 is 1.00 bits per heavy atom. The fraction of sp³-hybridized carbons (Fsp3) is 0.263. The summed E-state index contributed by atoms with van der Waals surface area (Å²) >= 11 is 5.81. The van der Waals surface area contributed by atoms with Crippen LogP contribution in [0.2, 0.25) is 5.02 Å². The van der Waals surface area contributed by atoms with E-state index >= 15 is 0 Å². The molecule has 0 bridgehead atoms. The zero-order valence-corrected chi connectivity index (χ0v) is 13.9. The van der Waals surface area contributed by atoms with Crippen LogP contribution in [-0.4, -0.2) is 16.9 Å². The summed E-state index contributed by atoms with van der Waals surface area (Å²) in [5.74, 6) is -0.792. The van der Waals surface area contributed by atoms with Gasteiger partial charge in [-0.05, 0) is 55.7 Å². The Morgan fingerprint density at radius 3 is 2.09 bits per heavy atom. The van der Waals surface area contributed by atoms with Crippen molar-refractivity contribution in [1.82, 2.24) is 0 Å². The average Bonchev–Trinajstić information content (AvgIpc) is 2.53. The van der Waals surface area contributed by atoms with E-state index in [9.17, 15) is 14.7 Å². The first-order chi connectivity index (χ1) is 10.8. The van der Waals surface area contributed by atoms with Crippen LogP contribution in [-0.2, 0) is 16.6 Å². The maximum atomic E-state index is 12.1. The number of carboxylic acids is 1. The molecule has 0 fully saturated rings. The van der Waals surface area contributed by atoms with Gasteiger partial charge in [-0.2, -0.15) is 0 Å². The predicted octanol–water partition coefficient (Wildman–Crippen LogP) is 4.52. The van der Waals surface area contributed by atoms with E-state index in [2.05, 4.69) is 0 Å². The first kappa shape index (κ1) is 17.2. The van der Waals surface area contributed by atoms with Crippen molar-refractivity contribution < 1.29 is 14.7 Å². The summed E-state index contributed by atoms with van der Waals surface area (Å²) in [6, 6.07) is 14.3. The highest BCUT2D eigenvalue weighted by Crippen LogP contribution is 2.24. The monoisotopic (exact) mass is 330 g/mol. The third-order valence-electron chi connectivity index (χ3n) is 4.02. The zero-order valence-electron chi connectivity index (χ0n) is 13.2. The minimum absolute atomic E-state index is 0.0663. The summed E-state index contributed by atoms with van der Waals surface area (Å²) < 4.78 is 0. The SMILES string of the molecule is CC(C)(C(=O)O)c1ccc(CCC(=O)c2ccc(Cl)cc2)cc1. The Morgan fingerprint density at radius 2 is 1.57 bits per heavy atom. The number of aliphatic carboxylic acids is 1. The van der Waals surface area contributed by atoms with Gasteiger partial charge in [0.1, 0.15) is 0 Å². The van der Waals surface area contributed by atoms with Gasteiger partial charge in [-0.1, -0.05) is 35.9 Å². The molecule has 0 aliphatic carbocycles. The number of carbonyl (C=O) groups excluding carboxylic acids is 1. The molecule has 2 rings (SSSR count). The summed E-state index contributed by atoms with van der Waals surface area (Å²) in [6.07, 6.45) is 1.03. The molecule has 0 saturated heterocycles. The molecule has 0 spiro atoms. The lowest BCUT2D eigenvalue weighted by molar-refractivity contribution is -0.142. The van der Waals surface area contributed by atoms with E-state index in [1.54, 1.807) is 38.1 Å². The van der Waals surface area contributed by atoms with E-state index in [1.165, 1.54) is 0 Å². The summed E-state index contributed by atoms with van der Waals surface area (Å²) in [5.41, 5.74) is 1.49. The Labute approximate surface area is 140 Å². The molecule has 120 valence electrons. The van der Waals surface area contributed by atoms with Gasteiger partial charge in [0.05, 0.1) is 5.41 Å². The van der Waals surface area contributed by atoms with Crippen LogP contribution in [0.5, 0.6) is 0 Å². The maximum absolute atomic E-state index is 12.1. The minimum Gasteiger partial charge on any atom is -0.481 e. The van der Waals surface area contributed by atoms with Crippen molar-refractivity contribution in [3.63, 3.8) is 0 Å². The van der Waals surface area contributed by atoms with Crippen molar-refractivity contribution in [3.05, 3.63) is 70.2 Å². The summed E-state index contributed by atoms with van der Waals surface area (Å²) in [6.45, 7) is 3.35. The van der Waals surface area contributed by atoms with Crippen LogP contribution in [0.1, 0.15) is 41.8 Å². The molecule has 0 unspecified atom stereocenters. The number of rotatable bonds is 6. The first-order valence-electron chi connectivity index (χ1n) is 7.42. The van der Waals surface area contributed by atoms with Crippen molar-refractivity contribution in [2.75, 3.05) is 0 Å². The van der Waals surface area contributed by atoms with Crippen molar-refractivity contribution in [3.8, 4) is 0 Å². The maximum Gasteiger partial charge on any atom is 0.313 e. The third kappa shape index (κ3) is 4.20. The second-order valence-electron chi connectivity index (χ2n) is 6.06. The number of benzene rings is 2. The number of hydrogen-bond donors (Lipinski definition) is 1. The summed E-state index contributed by atoms with van der Waals surface area (Å²) in [5, 5.41) is 9.84. The average molecular weight is 331 g/mol. The topological polar surface area (TPSA) is 54.4 Å². The molecule has 0 heterocycles. The molecule has 1 N–H and O–H groups in total. The number of ketones is 1. The van der Waals surface area contributed by atoms with E-state index in [4.69, 9.17) is 11.6 Å². The molecule has 23 heavy (non-hydrogen) atoms. The third-order valence-corrected chi connectivity index (χ3v) is 4.27. The molecule has 0 atom stereocenters. The number of halogens is 1. The molecule has 0 aliphatic rings. The lowest BCUT2D eigenvalue weighted by Gasteiger charge is -2.19. The second kappa shape index (κ2) is 6.97. The van der Waals surface area contributed by atoms with Gasteiger partial charge in [-0.15, -0.1) is 0 Å². The van der Waals surface area contributed by atoms with Gasteiger partial charge in [0, 0.05) is 17.0 Å². The molecule has 0 amide bonds.